The first-order valence-electron chi connectivity index (χ1n) is 13.2. The van der Waals surface area contributed by atoms with E-state index in [1.54, 1.807) is 48.5 Å². The van der Waals surface area contributed by atoms with Gasteiger partial charge >= 0.3 is 5.97 Å². The number of hydrogen-bond acceptors (Lipinski definition) is 6. The van der Waals surface area contributed by atoms with E-state index in [0.717, 1.165) is 11.1 Å². The Balaban J connectivity index is 1.77. The van der Waals surface area contributed by atoms with Crippen LogP contribution >= 0.6 is 0 Å². The van der Waals surface area contributed by atoms with Gasteiger partial charge in [-0.1, -0.05) is 121 Å². The Labute approximate surface area is 233 Å². The Morgan fingerprint density at radius 3 is 1.32 bits per heavy atom. The van der Waals surface area contributed by atoms with Gasteiger partial charge in [0.25, 0.3) is 0 Å². The van der Waals surface area contributed by atoms with Gasteiger partial charge in [-0.05, 0) is 22.3 Å². The SMILES string of the molecule is O=C1O[C@](Cc2ccccc2)([C@](O)(Cc2ccccc2)C(O)(Cc2ccccc2)Cc2ccccc2)C(O)=C1O. The fraction of sp³-hybridized carbons (Fsp3) is 0.206. The first kappa shape index (κ1) is 27.2. The molecule has 0 fully saturated rings. The first-order valence-corrected chi connectivity index (χ1v) is 13.2. The number of cyclic esters (lactones) is 1. The topological polar surface area (TPSA) is 107 Å². The van der Waals surface area contributed by atoms with E-state index in [0.29, 0.717) is 11.1 Å². The van der Waals surface area contributed by atoms with Crippen molar-refractivity contribution in [3.63, 3.8) is 0 Å². The van der Waals surface area contributed by atoms with Crippen molar-refractivity contribution < 1.29 is 30.0 Å². The van der Waals surface area contributed by atoms with Gasteiger partial charge in [0.15, 0.2) is 5.76 Å². The van der Waals surface area contributed by atoms with Gasteiger partial charge in [-0.15, -0.1) is 0 Å². The molecule has 0 aliphatic carbocycles. The van der Waals surface area contributed by atoms with E-state index in [1.165, 1.54) is 0 Å². The summed E-state index contributed by atoms with van der Waals surface area (Å²) in [5.74, 6) is -2.95. The highest BCUT2D eigenvalue weighted by atomic mass is 16.6. The molecule has 2 atom stereocenters. The van der Waals surface area contributed by atoms with Crippen LogP contribution in [0.5, 0.6) is 0 Å². The van der Waals surface area contributed by atoms with Crippen molar-refractivity contribution in [1.29, 1.82) is 0 Å². The Kier molecular flexibility index (Phi) is 7.48. The minimum Gasteiger partial charge on any atom is -0.505 e. The second-order valence-corrected chi connectivity index (χ2v) is 10.5. The number of aliphatic hydroxyl groups is 4. The van der Waals surface area contributed by atoms with E-state index in [1.807, 2.05) is 72.8 Å². The van der Waals surface area contributed by atoms with Crippen LogP contribution in [0.4, 0.5) is 0 Å². The largest absolute Gasteiger partial charge is 0.505 e. The van der Waals surface area contributed by atoms with Gasteiger partial charge in [0.1, 0.15) is 11.2 Å². The Morgan fingerprint density at radius 1 is 0.575 bits per heavy atom. The van der Waals surface area contributed by atoms with Gasteiger partial charge in [-0.25, -0.2) is 4.79 Å². The summed E-state index contributed by atoms with van der Waals surface area (Å²) in [5, 5.41) is 48.0. The third-order valence-electron chi connectivity index (χ3n) is 7.78. The van der Waals surface area contributed by atoms with E-state index in [-0.39, 0.29) is 25.7 Å². The minimum absolute atomic E-state index is 0.0335. The van der Waals surface area contributed by atoms with Crippen LogP contribution in [-0.2, 0) is 35.2 Å². The number of esters is 1. The third kappa shape index (κ3) is 4.99. The lowest BCUT2D eigenvalue weighted by molar-refractivity contribution is -0.245. The molecule has 0 aromatic heterocycles. The van der Waals surface area contributed by atoms with Crippen LogP contribution < -0.4 is 0 Å². The summed E-state index contributed by atoms with van der Waals surface area (Å²) < 4.78 is 5.81. The lowest BCUT2D eigenvalue weighted by Crippen LogP contribution is -2.72. The molecule has 1 aliphatic heterocycles. The highest BCUT2D eigenvalue weighted by molar-refractivity contribution is 5.90. The zero-order chi connectivity index (χ0) is 28.2. The van der Waals surface area contributed by atoms with Crippen molar-refractivity contribution in [1.82, 2.24) is 0 Å². The molecule has 1 aliphatic rings. The molecule has 0 bridgehead atoms. The number of ether oxygens (including phenoxy) is 1. The van der Waals surface area contributed by atoms with Crippen molar-refractivity contribution in [2.24, 2.45) is 0 Å². The minimum atomic E-state index is -2.33. The molecule has 0 spiro atoms. The molecule has 6 nitrogen and oxygen atoms in total. The molecule has 204 valence electrons. The van der Waals surface area contributed by atoms with Crippen LogP contribution in [0.15, 0.2) is 133 Å². The third-order valence-corrected chi connectivity index (χ3v) is 7.78. The van der Waals surface area contributed by atoms with Crippen molar-refractivity contribution in [2.75, 3.05) is 0 Å². The van der Waals surface area contributed by atoms with Crippen LogP contribution in [0.2, 0.25) is 0 Å². The van der Waals surface area contributed by atoms with Crippen molar-refractivity contribution in [3.05, 3.63) is 155 Å². The number of carbonyl (C=O) groups excluding carboxylic acids is 1. The molecule has 4 aromatic rings. The molecule has 0 radical (unpaired) electrons. The molecule has 4 aromatic carbocycles. The van der Waals surface area contributed by atoms with E-state index in [2.05, 4.69) is 0 Å². The summed E-state index contributed by atoms with van der Waals surface area (Å²) in [6.07, 6.45) is -0.450. The molecule has 0 saturated heterocycles. The summed E-state index contributed by atoms with van der Waals surface area (Å²) in [5.41, 5.74) is -3.79. The molecular weight excluding hydrogens is 504 g/mol. The molecular formula is C34H32O6. The highest BCUT2D eigenvalue weighted by Gasteiger charge is 2.69. The standard InChI is InChI=1S/C34H32O6/c35-29-30(36)33(40-31(29)37,23-27-17-9-3-10-18-27)34(39,24-28-19-11-4-12-20-28)32(38,21-25-13-5-1-6-14-25)22-26-15-7-2-8-16-26/h1-20,35-36,38-39H,21-24H2/t33-,34-/m0/s1. The van der Waals surface area contributed by atoms with E-state index in [9.17, 15) is 25.2 Å². The lowest BCUT2D eigenvalue weighted by Gasteiger charge is -2.52. The molecule has 0 saturated carbocycles. The predicted octanol–water partition coefficient (Wildman–Crippen LogP) is 5.04. The molecule has 0 amide bonds. The summed E-state index contributed by atoms with van der Waals surface area (Å²) >= 11 is 0. The smallest absolute Gasteiger partial charge is 0.378 e. The average molecular weight is 537 g/mol. The highest BCUT2D eigenvalue weighted by Crippen LogP contribution is 2.50. The van der Waals surface area contributed by atoms with Crippen LogP contribution in [-0.4, -0.2) is 43.2 Å². The Hall–Kier alpha value is -4.39. The van der Waals surface area contributed by atoms with Crippen LogP contribution in [0.25, 0.3) is 0 Å². The number of aliphatic hydroxyl groups excluding tert-OH is 2. The fourth-order valence-electron chi connectivity index (χ4n) is 5.77. The normalized spacial score (nSPS) is 18.8. The summed E-state index contributed by atoms with van der Waals surface area (Å²) in [6.45, 7) is 0. The second-order valence-electron chi connectivity index (χ2n) is 10.5. The maximum absolute atomic E-state index is 13.1. The maximum atomic E-state index is 13.1. The number of benzene rings is 4. The average Bonchev–Trinajstić information content (AvgIpc) is 3.19. The quantitative estimate of drug-likeness (QED) is 0.212. The summed E-state index contributed by atoms with van der Waals surface area (Å²) in [4.78, 5) is 12.9. The van der Waals surface area contributed by atoms with Gasteiger partial charge in [0.05, 0.1) is 0 Å². The Bertz CT molecular complexity index is 1430. The molecule has 4 N–H and O–H groups in total. The van der Waals surface area contributed by atoms with E-state index >= 15 is 0 Å². The lowest BCUT2D eigenvalue weighted by atomic mass is 9.61. The van der Waals surface area contributed by atoms with Gasteiger partial charge in [-0.3, -0.25) is 0 Å². The van der Waals surface area contributed by atoms with Crippen molar-refractivity contribution >= 4 is 5.97 Å². The number of rotatable bonds is 10. The molecule has 40 heavy (non-hydrogen) atoms. The number of hydrogen-bond donors (Lipinski definition) is 4. The van der Waals surface area contributed by atoms with Crippen LogP contribution in [0.3, 0.4) is 0 Å². The molecule has 5 rings (SSSR count). The fourth-order valence-corrected chi connectivity index (χ4v) is 5.77. The van der Waals surface area contributed by atoms with Gasteiger partial charge in [-0.2, -0.15) is 0 Å². The monoisotopic (exact) mass is 536 g/mol. The summed E-state index contributed by atoms with van der Waals surface area (Å²) in [6, 6.07) is 36.4. The van der Waals surface area contributed by atoms with Crippen molar-refractivity contribution in [3.8, 4) is 0 Å². The van der Waals surface area contributed by atoms with Crippen molar-refractivity contribution in [2.45, 2.75) is 42.5 Å². The van der Waals surface area contributed by atoms with Crippen LogP contribution in [0.1, 0.15) is 22.3 Å². The zero-order valence-electron chi connectivity index (χ0n) is 22.0. The van der Waals surface area contributed by atoms with Crippen LogP contribution in [0, 0.1) is 0 Å². The second kappa shape index (κ2) is 11.0. The van der Waals surface area contributed by atoms with Gasteiger partial charge < -0.3 is 25.2 Å². The molecule has 0 unspecified atom stereocenters. The van der Waals surface area contributed by atoms with E-state index < -0.39 is 34.3 Å². The first-order chi connectivity index (χ1) is 19.3. The van der Waals surface area contributed by atoms with Gasteiger partial charge in [0.2, 0.25) is 11.4 Å². The van der Waals surface area contributed by atoms with Gasteiger partial charge in [0, 0.05) is 25.7 Å². The Morgan fingerprint density at radius 2 is 0.950 bits per heavy atom. The summed E-state index contributed by atoms with van der Waals surface area (Å²) in [7, 11) is 0. The van der Waals surface area contributed by atoms with E-state index in [4.69, 9.17) is 4.74 Å². The zero-order valence-corrected chi connectivity index (χ0v) is 22.0. The predicted molar refractivity (Wildman–Crippen MR) is 152 cm³/mol. The maximum Gasteiger partial charge on any atom is 0.378 e. The number of carbonyl (C=O) groups is 1. The molecule has 1 heterocycles. The molecule has 6 heteroatoms.